The maximum atomic E-state index is 6.61. The van der Waals surface area contributed by atoms with Crippen molar-refractivity contribution in [2.45, 2.75) is 0 Å². The Bertz CT molecular complexity index is 2560. The molecule has 0 atom stereocenters. The van der Waals surface area contributed by atoms with Crippen molar-refractivity contribution >= 4 is 32.7 Å². The average molecular weight is 602 g/mol. The van der Waals surface area contributed by atoms with Crippen molar-refractivity contribution in [3.8, 4) is 56.4 Å². The zero-order chi connectivity index (χ0) is 31.2. The number of rotatable bonds is 5. The number of hydrogen-bond donors (Lipinski definition) is 0. The van der Waals surface area contributed by atoms with Crippen LogP contribution in [-0.4, -0.2) is 15.0 Å². The minimum absolute atomic E-state index is 0.600. The van der Waals surface area contributed by atoms with Crippen LogP contribution in [0, 0.1) is 0 Å². The van der Waals surface area contributed by atoms with E-state index in [0.29, 0.717) is 17.5 Å². The van der Waals surface area contributed by atoms with E-state index in [9.17, 15) is 0 Å². The van der Waals surface area contributed by atoms with E-state index in [-0.39, 0.29) is 0 Å². The molecule has 9 aromatic rings. The van der Waals surface area contributed by atoms with Crippen molar-refractivity contribution in [3.63, 3.8) is 0 Å². The van der Waals surface area contributed by atoms with E-state index in [1.165, 1.54) is 0 Å². The smallest absolute Gasteiger partial charge is 0.164 e. The third kappa shape index (κ3) is 4.84. The Labute approximate surface area is 271 Å². The Kier molecular flexibility index (Phi) is 6.43. The van der Waals surface area contributed by atoms with Gasteiger partial charge in [0, 0.05) is 27.5 Å². The molecule has 0 aliphatic carbocycles. The molecule has 0 amide bonds. The first kappa shape index (κ1) is 27.0. The molecule has 0 aliphatic rings. The summed E-state index contributed by atoms with van der Waals surface area (Å²) in [4.78, 5) is 15.2. The molecule has 0 saturated carbocycles. The van der Waals surface area contributed by atoms with Crippen LogP contribution >= 0.6 is 0 Å². The largest absolute Gasteiger partial charge is 0.456 e. The Morgan fingerprint density at radius 3 is 1.55 bits per heavy atom. The predicted molar refractivity (Wildman–Crippen MR) is 192 cm³/mol. The highest BCUT2D eigenvalue weighted by atomic mass is 16.3. The quantitative estimate of drug-likeness (QED) is 0.197. The Hall–Kier alpha value is -6.39. The summed E-state index contributed by atoms with van der Waals surface area (Å²) in [5, 5.41) is 4.33. The molecule has 2 heterocycles. The Morgan fingerprint density at radius 1 is 0.319 bits per heavy atom. The van der Waals surface area contributed by atoms with Gasteiger partial charge in [-0.2, -0.15) is 0 Å². The van der Waals surface area contributed by atoms with Crippen LogP contribution in [-0.2, 0) is 0 Å². The summed E-state index contributed by atoms with van der Waals surface area (Å²) < 4.78 is 6.61. The lowest BCUT2D eigenvalue weighted by Gasteiger charge is -2.11. The topological polar surface area (TPSA) is 51.8 Å². The molecule has 2 aromatic heterocycles. The van der Waals surface area contributed by atoms with Crippen LogP contribution in [0.2, 0.25) is 0 Å². The minimum atomic E-state index is 0.600. The standard InChI is InChI=1S/C43H27N3O/c1-4-13-28(14-5-1)31-19-12-20-33(25-31)42-44-41(30-17-8-3-9-18-30)45-43(46-42)37-27-39-40(35-22-11-10-21-34(35)37)36-24-23-32(26-38(36)47-39)29-15-6-2-7-16-29/h1-27H. The van der Waals surface area contributed by atoms with Gasteiger partial charge in [0.05, 0.1) is 0 Å². The lowest BCUT2D eigenvalue weighted by Crippen LogP contribution is -2.00. The number of fused-ring (bicyclic) bond motifs is 5. The van der Waals surface area contributed by atoms with Gasteiger partial charge in [-0.25, -0.2) is 15.0 Å². The molecule has 0 saturated heterocycles. The van der Waals surface area contributed by atoms with Crippen molar-refractivity contribution in [3.05, 3.63) is 164 Å². The van der Waals surface area contributed by atoms with Gasteiger partial charge in [0.15, 0.2) is 17.5 Å². The second-order valence-electron chi connectivity index (χ2n) is 11.6. The summed E-state index contributed by atoms with van der Waals surface area (Å²) >= 11 is 0. The predicted octanol–water partition coefficient (Wildman–Crippen LogP) is 11.3. The van der Waals surface area contributed by atoms with Gasteiger partial charge in [0.1, 0.15) is 11.2 Å². The fourth-order valence-corrected chi connectivity index (χ4v) is 6.45. The van der Waals surface area contributed by atoms with Crippen molar-refractivity contribution in [1.29, 1.82) is 0 Å². The number of furan rings is 1. The fourth-order valence-electron chi connectivity index (χ4n) is 6.45. The zero-order valence-electron chi connectivity index (χ0n) is 25.3. The van der Waals surface area contributed by atoms with E-state index in [4.69, 9.17) is 19.4 Å². The molecule has 0 N–H and O–H groups in total. The van der Waals surface area contributed by atoms with E-state index in [1.807, 2.05) is 42.5 Å². The second kappa shape index (κ2) is 11.2. The van der Waals surface area contributed by atoms with Crippen molar-refractivity contribution < 1.29 is 4.42 Å². The van der Waals surface area contributed by atoms with E-state index in [1.54, 1.807) is 0 Å². The SMILES string of the molecule is c1ccc(-c2cccc(-c3nc(-c4ccccc4)nc(-c4cc5oc6cc(-c7ccccc7)ccc6c5c5ccccc45)n3)c2)cc1. The van der Waals surface area contributed by atoms with Gasteiger partial charge in [-0.1, -0.05) is 140 Å². The normalized spacial score (nSPS) is 11.4. The van der Waals surface area contributed by atoms with Crippen LogP contribution in [0.3, 0.4) is 0 Å². The lowest BCUT2D eigenvalue weighted by atomic mass is 9.97. The molecule has 9 rings (SSSR count). The van der Waals surface area contributed by atoms with Crippen molar-refractivity contribution in [1.82, 2.24) is 15.0 Å². The van der Waals surface area contributed by atoms with Gasteiger partial charge in [-0.3, -0.25) is 0 Å². The number of aromatic nitrogens is 3. The molecule has 220 valence electrons. The summed E-state index contributed by atoms with van der Waals surface area (Å²) in [6.07, 6.45) is 0. The van der Waals surface area contributed by atoms with E-state index >= 15 is 0 Å². The van der Waals surface area contributed by atoms with Gasteiger partial charge in [0.2, 0.25) is 0 Å². The Balaban J connectivity index is 1.27. The molecule has 0 radical (unpaired) electrons. The molecule has 4 heteroatoms. The maximum absolute atomic E-state index is 6.61. The fraction of sp³-hybridized carbons (Fsp3) is 0. The van der Waals surface area contributed by atoms with E-state index in [2.05, 4.69) is 121 Å². The first-order valence-electron chi connectivity index (χ1n) is 15.7. The van der Waals surface area contributed by atoms with Crippen molar-refractivity contribution in [2.75, 3.05) is 0 Å². The van der Waals surface area contributed by atoms with Crippen LogP contribution < -0.4 is 0 Å². The molecule has 4 nitrogen and oxygen atoms in total. The molecule has 0 bridgehead atoms. The number of nitrogens with zero attached hydrogens (tertiary/aromatic N) is 3. The first-order valence-corrected chi connectivity index (χ1v) is 15.7. The molecule has 0 spiro atoms. The summed E-state index contributed by atoms with van der Waals surface area (Å²) in [7, 11) is 0. The third-order valence-electron chi connectivity index (χ3n) is 8.72. The van der Waals surface area contributed by atoms with Gasteiger partial charge in [0.25, 0.3) is 0 Å². The van der Waals surface area contributed by atoms with Crippen LogP contribution in [0.4, 0.5) is 0 Å². The molecule has 0 aliphatic heterocycles. The molecule has 47 heavy (non-hydrogen) atoms. The second-order valence-corrected chi connectivity index (χ2v) is 11.6. The highest BCUT2D eigenvalue weighted by molar-refractivity contribution is 6.22. The highest BCUT2D eigenvalue weighted by Crippen LogP contribution is 2.41. The third-order valence-corrected chi connectivity index (χ3v) is 8.72. The van der Waals surface area contributed by atoms with Gasteiger partial charge < -0.3 is 4.42 Å². The van der Waals surface area contributed by atoms with Crippen LogP contribution in [0.15, 0.2) is 168 Å². The molecular formula is C43H27N3O. The summed E-state index contributed by atoms with van der Waals surface area (Å²) in [6.45, 7) is 0. The number of hydrogen-bond acceptors (Lipinski definition) is 4. The zero-order valence-corrected chi connectivity index (χ0v) is 25.3. The summed E-state index contributed by atoms with van der Waals surface area (Å²) in [6, 6.07) is 56.2. The summed E-state index contributed by atoms with van der Waals surface area (Å²) in [5.41, 5.74) is 8.93. The molecular weight excluding hydrogens is 574 g/mol. The molecule has 0 unspecified atom stereocenters. The minimum Gasteiger partial charge on any atom is -0.456 e. The van der Waals surface area contributed by atoms with Gasteiger partial charge in [-0.05, 0) is 57.3 Å². The van der Waals surface area contributed by atoms with Crippen LogP contribution in [0.1, 0.15) is 0 Å². The first-order chi connectivity index (χ1) is 23.3. The van der Waals surface area contributed by atoms with E-state index < -0.39 is 0 Å². The van der Waals surface area contributed by atoms with Gasteiger partial charge >= 0.3 is 0 Å². The Morgan fingerprint density at radius 2 is 0.851 bits per heavy atom. The lowest BCUT2D eigenvalue weighted by molar-refractivity contribution is 0.669. The summed E-state index contributed by atoms with van der Waals surface area (Å²) in [5.74, 6) is 1.84. The highest BCUT2D eigenvalue weighted by Gasteiger charge is 2.19. The van der Waals surface area contributed by atoms with Crippen molar-refractivity contribution in [2.24, 2.45) is 0 Å². The molecule has 7 aromatic carbocycles. The van der Waals surface area contributed by atoms with E-state index in [0.717, 1.165) is 71.7 Å². The van der Waals surface area contributed by atoms with Crippen LogP contribution in [0.25, 0.3) is 89.1 Å². The van der Waals surface area contributed by atoms with Gasteiger partial charge in [-0.15, -0.1) is 0 Å². The number of benzene rings is 7. The maximum Gasteiger partial charge on any atom is 0.164 e. The monoisotopic (exact) mass is 601 g/mol. The van der Waals surface area contributed by atoms with Crippen LogP contribution in [0.5, 0.6) is 0 Å². The molecule has 0 fully saturated rings. The average Bonchev–Trinajstić information content (AvgIpc) is 3.53.